The summed E-state index contributed by atoms with van der Waals surface area (Å²) in [6, 6.07) is 14.5. The maximum atomic E-state index is 12.8. The van der Waals surface area contributed by atoms with E-state index in [2.05, 4.69) is 39.4 Å². The number of piperazine rings is 1. The summed E-state index contributed by atoms with van der Waals surface area (Å²) >= 11 is 0. The van der Waals surface area contributed by atoms with Gasteiger partial charge in [-0.2, -0.15) is 5.10 Å². The normalized spacial score (nSPS) is 14.8. The van der Waals surface area contributed by atoms with Crippen molar-refractivity contribution >= 4 is 22.4 Å². The monoisotopic (exact) mass is 348 g/mol. The van der Waals surface area contributed by atoms with E-state index >= 15 is 0 Å². The van der Waals surface area contributed by atoms with Crippen molar-refractivity contribution in [3.63, 3.8) is 0 Å². The molecule has 1 aromatic heterocycles. The molecule has 1 aliphatic heterocycles. The molecule has 2 heterocycles. The minimum atomic E-state index is 0.210. The first kappa shape index (κ1) is 16.6. The summed E-state index contributed by atoms with van der Waals surface area (Å²) in [6.07, 6.45) is 0.463. The third-order valence-corrected chi connectivity index (χ3v) is 5.26. The molecule has 1 fully saturated rings. The Morgan fingerprint density at radius 1 is 1.04 bits per heavy atom. The van der Waals surface area contributed by atoms with Gasteiger partial charge in [-0.05, 0) is 30.2 Å². The first-order valence-electron chi connectivity index (χ1n) is 9.14. The van der Waals surface area contributed by atoms with Gasteiger partial charge in [-0.25, -0.2) is 0 Å². The van der Waals surface area contributed by atoms with E-state index in [9.17, 15) is 4.79 Å². The van der Waals surface area contributed by atoms with Gasteiger partial charge in [0.25, 0.3) is 0 Å². The van der Waals surface area contributed by atoms with Gasteiger partial charge in [-0.3, -0.25) is 9.89 Å². The highest BCUT2D eigenvalue weighted by atomic mass is 16.2. The lowest BCUT2D eigenvalue weighted by atomic mass is 10.0. The van der Waals surface area contributed by atoms with Crippen LogP contribution in [0.3, 0.4) is 0 Å². The Kier molecular flexibility index (Phi) is 4.37. The largest absolute Gasteiger partial charge is 0.365 e. The van der Waals surface area contributed by atoms with Gasteiger partial charge >= 0.3 is 0 Å². The van der Waals surface area contributed by atoms with Crippen molar-refractivity contribution in [2.75, 3.05) is 31.1 Å². The molecule has 1 aliphatic rings. The zero-order chi connectivity index (χ0) is 18.1. The van der Waals surface area contributed by atoms with Crippen molar-refractivity contribution in [1.82, 2.24) is 15.1 Å². The molecule has 0 unspecified atom stereocenters. The Bertz CT molecular complexity index is 913. The molecule has 3 aromatic rings. The van der Waals surface area contributed by atoms with Gasteiger partial charge in [0.15, 0.2) is 0 Å². The van der Waals surface area contributed by atoms with Gasteiger partial charge in [-0.1, -0.05) is 42.5 Å². The van der Waals surface area contributed by atoms with Crippen LogP contribution in [0, 0.1) is 13.8 Å². The number of fused-ring (bicyclic) bond motifs is 1. The Morgan fingerprint density at radius 3 is 2.50 bits per heavy atom. The maximum Gasteiger partial charge on any atom is 0.227 e. The summed E-state index contributed by atoms with van der Waals surface area (Å²) in [5.41, 5.74) is 4.42. The van der Waals surface area contributed by atoms with Crippen LogP contribution >= 0.6 is 0 Å². The van der Waals surface area contributed by atoms with Gasteiger partial charge in [0.05, 0.1) is 23.5 Å². The van der Waals surface area contributed by atoms with Crippen LogP contribution in [0.15, 0.2) is 42.5 Å². The highest BCUT2D eigenvalue weighted by Crippen LogP contribution is 2.24. The molecule has 0 radical (unpaired) electrons. The molecule has 0 aliphatic carbocycles. The smallest absolute Gasteiger partial charge is 0.227 e. The number of anilines is 1. The van der Waals surface area contributed by atoms with Crippen LogP contribution < -0.4 is 4.90 Å². The standard InChI is InChI=1S/C21H24N4O/c1-15-21(16(2)23-22-15)25-12-10-24(11-13-25)20(26)14-18-8-5-7-17-6-3-4-9-19(17)18/h3-9H,10-14H2,1-2H3,(H,22,23). The Balaban J connectivity index is 1.44. The molecule has 1 N–H and O–H groups in total. The summed E-state index contributed by atoms with van der Waals surface area (Å²) < 4.78 is 0. The van der Waals surface area contributed by atoms with Crippen molar-refractivity contribution in [2.45, 2.75) is 20.3 Å². The van der Waals surface area contributed by atoms with E-state index in [4.69, 9.17) is 0 Å². The predicted molar refractivity (Wildman–Crippen MR) is 105 cm³/mol. The first-order valence-corrected chi connectivity index (χ1v) is 9.14. The lowest BCUT2D eigenvalue weighted by Gasteiger charge is -2.36. The average Bonchev–Trinajstić information content (AvgIpc) is 3.00. The van der Waals surface area contributed by atoms with Crippen LogP contribution in [0.1, 0.15) is 17.0 Å². The molecule has 2 aromatic carbocycles. The summed E-state index contributed by atoms with van der Waals surface area (Å²) in [5, 5.41) is 9.69. The van der Waals surface area contributed by atoms with Crippen LogP contribution in [-0.4, -0.2) is 47.2 Å². The van der Waals surface area contributed by atoms with E-state index in [-0.39, 0.29) is 5.91 Å². The summed E-state index contributed by atoms with van der Waals surface area (Å²) in [4.78, 5) is 17.1. The molecule has 0 atom stereocenters. The van der Waals surface area contributed by atoms with E-state index in [1.807, 2.05) is 36.9 Å². The zero-order valence-corrected chi connectivity index (χ0v) is 15.3. The van der Waals surface area contributed by atoms with E-state index in [0.29, 0.717) is 6.42 Å². The second-order valence-electron chi connectivity index (χ2n) is 6.97. The molecule has 0 bridgehead atoms. The topological polar surface area (TPSA) is 52.2 Å². The summed E-state index contributed by atoms with van der Waals surface area (Å²) in [7, 11) is 0. The van der Waals surface area contributed by atoms with Gasteiger partial charge < -0.3 is 9.80 Å². The lowest BCUT2D eigenvalue weighted by Crippen LogP contribution is -2.49. The predicted octanol–water partition coefficient (Wildman–Crippen LogP) is 3.07. The fraction of sp³-hybridized carbons (Fsp3) is 0.333. The second-order valence-corrected chi connectivity index (χ2v) is 6.97. The van der Waals surface area contributed by atoms with Crippen LogP contribution in [0.25, 0.3) is 10.8 Å². The third-order valence-electron chi connectivity index (χ3n) is 5.26. The van der Waals surface area contributed by atoms with Crippen molar-refractivity contribution in [3.8, 4) is 0 Å². The quantitative estimate of drug-likeness (QED) is 0.791. The third kappa shape index (κ3) is 3.05. The Hall–Kier alpha value is -2.82. The highest BCUT2D eigenvalue weighted by molar-refractivity contribution is 5.90. The number of aryl methyl sites for hydroxylation is 2. The number of rotatable bonds is 3. The molecule has 0 saturated carbocycles. The fourth-order valence-electron chi connectivity index (χ4n) is 3.91. The maximum absolute atomic E-state index is 12.8. The Morgan fingerprint density at radius 2 is 1.77 bits per heavy atom. The molecule has 134 valence electrons. The molecule has 4 rings (SSSR count). The number of amides is 1. The number of carbonyl (C=O) groups is 1. The Labute approximate surface area is 153 Å². The van der Waals surface area contributed by atoms with Crippen molar-refractivity contribution in [3.05, 3.63) is 59.4 Å². The summed E-state index contributed by atoms with van der Waals surface area (Å²) in [5.74, 6) is 0.210. The number of hydrogen-bond donors (Lipinski definition) is 1. The van der Waals surface area contributed by atoms with Crippen molar-refractivity contribution in [1.29, 1.82) is 0 Å². The fourth-order valence-corrected chi connectivity index (χ4v) is 3.91. The molecule has 26 heavy (non-hydrogen) atoms. The van der Waals surface area contributed by atoms with Crippen LogP contribution in [0.5, 0.6) is 0 Å². The highest BCUT2D eigenvalue weighted by Gasteiger charge is 2.24. The number of benzene rings is 2. The first-order chi connectivity index (χ1) is 12.6. The number of nitrogens with one attached hydrogen (secondary N) is 1. The number of aromatic nitrogens is 2. The molecular formula is C21H24N4O. The van der Waals surface area contributed by atoms with Crippen LogP contribution in [0.2, 0.25) is 0 Å². The van der Waals surface area contributed by atoms with Crippen LogP contribution in [0.4, 0.5) is 5.69 Å². The van der Waals surface area contributed by atoms with E-state index < -0.39 is 0 Å². The molecule has 1 amide bonds. The van der Waals surface area contributed by atoms with E-state index in [0.717, 1.165) is 43.1 Å². The van der Waals surface area contributed by atoms with E-state index in [1.54, 1.807) is 0 Å². The number of hydrogen-bond acceptors (Lipinski definition) is 3. The SMILES string of the molecule is Cc1n[nH]c(C)c1N1CCN(C(=O)Cc2cccc3ccccc23)CC1. The molecule has 1 saturated heterocycles. The van der Waals surface area contributed by atoms with Gasteiger partial charge in [0.2, 0.25) is 5.91 Å². The van der Waals surface area contributed by atoms with Gasteiger partial charge in [-0.15, -0.1) is 0 Å². The lowest BCUT2D eigenvalue weighted by molar-refractivity contribution is -0.130. The average molecular weight is 348 g/mol. The number of aromatic amines is 1. The minimum absolute atomic E-state index is 0.210. The van der Waals surface area contributed by atoms with Crippen molar-refractivity contribution < 1.29 is 4.79 Å². The number of nitrogens with zero attached hydrogens (tertiary/aromatic N) is 3. The van der Waals surface area contributed by atoms with Crippen molar-refractivity contribution in [2.24, 2.45) is 0 Å². The summed E-state index contributed by atoms with van der Waals surface area (Å²) in [6.45, 7) is 7.29. The van der Waals surface area contributed by atoms with Crippen LogP contribution in [-0.2, 0) is 11.2 Å². The number of H-pyrrole nitrogens is 1. The number of carbonyl (C=O) groups excluding carboxylic acids is 1. The molecule has 0 spiro atoms. The van der Waals surface area contributed by atoms with E-state index in [1.165, 1.54) is 16.5 Å². The van der Waals surface area contributed by atoms with Gasteiger partial charge in [0, 0.05) is 26.2 Å². The molecule has 5 nitrogen and oxygen atoms in total. The zero-order valence-electron chi connectivity index (χ0n) is 15.3. The second kappa shape index (κ2) is 6.83. The van der Waals surface area contributed by atoms with Gasteiger partial charge in [0.1, 0.15) is 0 Å². The molecule has 5 heteroatoms. The molecular weight excluding hydrogens is 324 g/mol. The minimum Gasteiger partial charge on any atom is -0.365 e.